The van der Waals surface area contributed by atoms with Gasteiger partial charge in [0.1, 0.15) is 11.5 Å². The largest absolute Gasteiger partial charge is 0.497 e. The summed E-state index contributed by atoms with van der Waals surface area (Å²) >= 11 is 1.28. The highest BCUT2D eigenvalue weighted by Gasteiger charge is 2.24. The minimum absolute atomic E-state index is 0.0572. The summed E-state index contributed by atoms with van der Waals surface area (Å²) in [6, 6.07) is 10.9. The average Bonchev–Trinajstić information content (AvgIpc) is 3.52. The quantitative estimate of drug-likeness (QED) is 0.476. The molecule has 4 rings (SSSR count). The molecule has 0 unspecified atom stereocenters. The number of nitrogens with zero attached hydrogens (tertiary/aromatic N) is 3. The van der Waals surface area contributed by atoms with Crippen LogP contribution < -0.4 is 15.4 Å². The van der Waals surface area contributed by atoms with E-state index in [0.717, 1.165) is 42.8 Å². The summed E-state index contributed by atoms with van der Waals surface area (Å²) in [6.45, 7) is 0.209. The van der Waals surface area contributed by atoms with Crippen molar-refractivity contribution in [2.45, 2.75) is 49.8 Å². The molecule has 3 aromatic rings. The van der Waals surface area contributed by atoms with Crippen LogP contribution in [0.3, 0.4) is 0 Å². The second-order valence-electron chi connectivity index (χ2n) is 7.80. The first-order valence-corrected chi connectivity index (χ1v) is 11.9. The number of urea groups is 1. The Labute approximate surface area is 196 Å². The summed E-state index contributed by atoms with van der Waals surface area (Å²) in [6.07, 6.45) is 7.18. The molecule has 174 valence electrons. The van der Waals surface area contributed by atoms with Crippen LogP contribution in [0.25, 0.3) is 11.4 Å². The maximum absolute atomic E-state index is 12.3. The Kier molecular flexibility index (Phi) is 7.66. The highest BCUT2D eigenvalue weighted by Crippen LogP contribution is 2.35. The maximum Gasteiger partial charge on any atom is 0.321 e. The van der Waals surface area contributed by atoms with Crippen LogP contribution in [0, 0.1) is 0 Å². The molecule has 1 saturated carbocycles. The maximum atomic E-state index is 12.3. The van der Waals surface area contributed by atoms with Crippen molar-refractivity contribution in [3.8, 4) is 17.1 Å². The van der Waals surface area contributed by atoms with Crippen molar-refractivity contribution in [3.05, 3.63) is 48.4 Å². The molecule has 1 aromatic carbocycles. The zero-order valence-corrected chi connectivity index (χ0v) is 19.3. The number of furan rings is 1. The number of aromatic nitrogens is 3. The Balaban J connectivity index is 1.42. The van der Waals surface area contributed by atoms with Crippen LogP contribution in [0.4, 0.5) is 4.79 Å². The monoisotopic (exact) mass is 469 g/mol. The molecule has 0 atom stereocenters. The lowest BCUT2D eigenvalue weighted by molar-refractivity contribution is -0.117. The van der Waals surface area contributed by atoms with Gasteiger partial charge in [-0.05, 0) is 49.2 Å². The molecule has 2 N–H and O–H groups in total. The summed E-state index contributed by atoms with van der Waals surface area (Å²) < 4.78 is 12.6. The Hall–Kier alpha value is -3.27. The van der Waals surface area contributed by atoms with Gasteiger partial charge in [0.2, 0.25) is 5.91 Å². The highest BCUT2D eigenvalue weighted by molar-refractivity contribution is 7.99. The van der Waals surface area contributed by atoms with Crippen LogP contribution in [0.5, 0.6) is 5.75 Å². The summed E-state index contributed by atoms with van der Waals surface area (Å²) in [5.74, 6) is 1.82. The number of imide groups is 1. The second kappa shape index (κ2) is 11.0. The van der Waals surface area contributed by atoms with Gasteiger partial charge in [0.15, 0.2) is 11.0 Å². The van der Waals surface area contributed by atoms with E-state index in [1.807, 2.05) is 24.3 Å². The van der Waals surface area contributed by atoms with Crippen molar-refractivity contribution in [1.82, 2.24) is 25.4 Å². The fourth-order valence-corrected chi connectivity index (χ4v) is 4.70. The molecule has 2 heterocycles. The van der Waals surface area contributed by atoms with E-state index in [-0.39, 0.29) is 18.3 Å². The minimum atomic E-state index is -0.565. The molecular formula is C23H27N5O4S. The molecule has 2 aromatic heterocycles. The molecule has 33 heavy (non-hydrogen) atoms. The van der Waals surface area contributed by atoms with Gasteiger partial charge in [-0.15, -0.1) is 10.2 Å². The zero-order chi connectivity index (χ0) is 23.0. The lowest BCUT2D eigenvalue weighted by Gasteiger charge is -2.25. The Bertz CT molecular complexity index is 1060. The summed E-state index contributed by atoms with van der Waals surface area (Å²) in [4.78, 5) is 24.3. The van der Waals surface area contributed by atoms with Gasteiger partial charge in [0, 0.05) is 11.6 Å². The van der Waals surface area contributed by atoms with Gasteiger partial charge in [-0.1, -0.05) is 31.0 Å². The normalized spacial score (nSPS) is 14.1. The van der Waals surface area contributed by atoms with Gasteiger partial charge < -0.3 is 14.5 Å². The first-order chi connectivity index (χ1) is 16.1. The van der Waals surface area contributed by atoms with Gasteiger partial charge in [-0.2, -0.15) is 0 Å². The van der Waals surface area contributed by atoms with E-state index in [1.54, 1.807) is 19.2 Å². The third-order valence-corrected chi connectivity index (χ3v) is 6.48. The van der Waals surface area contributed by atoms with Crippen LogP contribution in [-0.4, -0.2) is 39.6 Å². The molecule has 0 aliphatic heterocycles. The van der Waals surface area contributed by atoms with Gasteiger partial charge in [0.25, 0.3) is 0 Å². The number of carbonyl (C=O) groups excluding carboxylic acids is 2. The number of methoxy groups -OCH3 is 1. The number of nitrogens with one attached hydrogen (secondary N) is 2. The molecule has 1 aliphatic rings. The van der Waals surface area contributed by atoms with Gasteiger partial charge in [-0.3, -0.25) is 14.7 Å². The molecule has 1 aliphatic carbocycles. The summed E-state index contributed by atoms with van der Waals surface area (Å²) in [5, 5.41) is 14.4. The average molecular weight is 470 g/mol. The first-order valence-electron chi connectivity index (χ1n) is 11.0. The van der Waals surface area contributed by atoms with E-state index >= 15 is 0 Å². The van der Waals surface area contributed by atoms with Crippen molar-refractivity contribution < 1.29 is 18.7 Å². The van der Waals surface area contributed by atoms with Crippen molar-refractivity contribution >= 4 is 23.7 Å². The molecule has 1 fully saturated rings. The lowest BCUT2D eigenvalue weighted by atomic mass is 9.95. The van der Waals surface area contributed by atoms with Crippen LogP contribution in [0.15, 0.2) is 52.2 Å². The Morgan fingerprint density at radius 3 is 2.64 bits per heavy atom. The number of thioether (sulfide) groups is 1. The zero-order valence-electron chi connectivity index (χ0n) is 18.5. The van der Waals surface area contributed by atoms with E-state index in [9.17, 15) is 9.59 Å². The van der Waals surface area contributed by atoms with Gasteiger partial charge >= 0.3 is 6.03 Å². The first kappa shape index (κ1) is 22.9. The van der Waals surface area contributed by atoms with Crippen LogP contribution in [0.1, 0.15) is 43.9 Å². The molecule has 9 nitrogen and oxygen atoms in total. The second-order valence-corrected chi connectivity index (χ2v) is 8.74. The minimum Gasteiger partial charge on any atom is -0.497 e. The molecular weight excluding hydrogens is 442 g/mol. The van der Waals surface area contributed by atoms with Crippen molar-refractivity contribution in [3.63, 3.8) is 0 Å². The molecule has 3 amide bonds. The predicted molar refractivity (Wildman–Crippen MR) is 124 cm³/mol. The number of hydrogen-bond donors (Lipinski definition) is 2. The highest BCUT2D eigenvalue weighted by atomic mass is 32.2. The van der Waals surface area contributed by atoms with E-state index < -0.39 is 11.9 Å². The fraction of sp³-hybridized carbons (Fsp3) is 0.391. The summed E-state index contributed by atoms with van der Waals surface area (Å²) in [5.41, 5.74) is 0.947. The van der Waals surface area contributed by atoms with E-state index in [0.29, 0.717) is 10.9 Å². The Morgan fingerprint density at radius 2 is 1.94 bits per heavy atom. The number of ether oxygens (including phenoxy) is 1. The molecule has 0 spiro atoms. The van der Waals surface area contributed by atoms with E-state index in [4.69, 9.17) is 9.15 Å². The smallest absolute Gasteiger partial charge is 0.321 e. The third-order valence-electron chi connectivity index (χ3n) is 5.54. The number of rotatable bonds is 8. The van der Waals surface area contributed by atoms with E-state index in [2.05, 4.69) is 25.4 Å². The van der Waals surface area contributed by atoms with Crippen LogP contribution in [0.2, 0.25) is 0 Å². The molecule has 0 bridgehead atoms. The topological polar surface area (TPSA) is 111 Å². The predicted octanol–water partition coefficient (Wildman–Crippen LogP) is 4.17. The molecule has 10 heteroatoms. The van der Waals surface area contributed by atoms with Crippen molar-refractivity contribution in [2.24, 2.45) is 0 Å². The SMILES string of the molecule is COc1ccc(-c2nnc(SCC(=O)NC(=O)NCc3ccco3)n2C2CCCCC2)cc1. The number of benzene rings is 1. The van der Waals surface area contributed by atoms with Gasteiger partial charge in [0.05, 0.1) is 25.7 Å². The standard InChI is InChI=1S/C23H27N5O4S/c1-31-18-11-9-16(10-12-18)21-26-27-23(28(21)17-6-3-2-4-7-17)33-15-20(29)25-22(30)24-14-19-8-5-13-32-19/h5,8-13,17H,2-4,6-7,14-15H2,1H3,(H2,24,25,29,30). The van der Waals surface area contributed by atoms with Crippen LogP contribution >= 0.6 is 11.8 Å². The van der Waals surface area contributed by atoms with Crippen molar-refractivity contribution in [1.29, 1.82) is 0 Å². The fourth-order valence-electron chi connectivity index (χ4n) is 3.90. The molecule has 0 radical (unpaired) electrons. The third kappa shape index (κ3) is 5.95. The van der Waals surface area contributed by atoms with Crippen LogP contribution in [-0.2, 0) is 11.3 Å². The molecule has 0 saturated heterocycles. The number of carbonyl (C=O) groups is 2. The van der Waals surface area contributed by atoms with Crippen molar-refractivity contribution in [2.75, 3.05) is 12.9 Å². The lowest BCUT2D eigenvalue weighted by Crippen LogP contribution is -2.39. The number of amides is 3. The number of hydrogen-bond acceptors (Lipinski definition) is 7. The van der Waals surface area contributed by atoms with E-state index in [1.165, 1.54) is 24.4 Å². The van der Waals surface area contributed by atoms with Gasteiger partial charge in [-0.25, -0.2) is 4.79 Å². The Morgan fingerprint density at radius 1 is 1.15 bits per heavy atom. The summed E-state index contributed by atoms with van der Waals surface area (Å²) in [7, 11) is 1.64.